The average molecular weight is 191 g/mol. The predicted molar refractivity (Wildman–Crippen MR) is 57.2 cm³/mol. The third kappa shape index (κ3) is 1.97. The van der Waals surface area contributed by atoms with E-state index in [4.69, 9.17) is 0 Å². The molecular formula is C12H17NO. The number of aliphatic hydroxyl groups is 1. The van der Waals surface area contributed by atoms with Gasteiger partial charge in [0.1, 0.15) is 0 Å². The number of piperidine rings is 1. The topological polar surface area (TPSA) is 32.3 Å². The molecule has 2 nitrogen and oxygen atoms in total. The lowest BCUT2D eigenvalue weighted by atomic mass is 9.94. The van der Waals surface area contributed by atoms with E-state index in [2.05, 4.69) is 36.5 Å². The van der Waals surface area contributed by atoms with Crippen LogP contribution >= 0.6 is 0 Å². The number of rotatable bonds is 1. The third-order valence-corrected chi connectivity index (χ3v) is 2.86. The summed E-state index contributed by atoms with van der Waals surface area (Å²) < 4.78 is 0. The molecule has 0 amide bonds. The molecule has 0 bridgehead atoms. The summed E-state index contributed by atoms with van der Waals surface area (Å²) in [6, 6.07) is 8.52. The minimum Gasteiger partial charge on any atom is -0.391 e. The van der Waals surface area contributed by atoms with Crippen molar-refractivity contribution in [2.45, 2.75) is 31.9 Å². The van der Waals surface area contributed by atoms with Gasteiger partial charge in [0.25, 0.3) is 0 Å². The van der Waals surface area contributed by atoms with Gasteiger partial charge in [-0.3, -0.25) is 0 Å². The maximum atomic E-state index is 9.83. The van der Waals surface area contributed by atoms with Crippen molar-refractivity contribution in [2.24, 2.45) is 0 Å². The van der Waals surface area contributed by atoms with Gasteiger partial charge < -0.3 is 10.4 Å². The Morgan fingerprint density at radius 2 is 2.00 bits per heavy atom. The van der Waals surface area contributed by atoms with Gasteiger partial charge in [0.05, 0.1) is 12.1 Å². The van der Waals surface area contributed by atoms with Crippen LogP contribution in [0.2, 0.25) is 0 Å². The number of nitrogens with one attached hydrogen (secondary N) is 1. The second-order valence-corrected chi connectivity index (χ2v) is 4.05. The summed E-state index contributed by atoms with van der Waals surface area (Å²) in [5.41, 5.74) is 2.46. The van der Waals surface area contributed by atoms with E-state index in [1.807, 2.05) is 0 Å². The summed E-state index contributed by atoms with van der Waals surface area (Å²) >= 11 is 0. The van der Waals surface area contributed by atoms with Crippen molar-refractivity contribution < 1.29 is 5.11 Å². The van der Waals surface area contributed by atoms with Gasteiger partial charge in [-0.15, -0.1) is 0 Å². The fourth-order valence-corrected chi connectivity index (χ4v) is 1.99. The minimum atomic E-state index is -0.230. The van der Waals surface area contributed by atoms with E-state index in [0.29, 0.717) is 0 Å². The Balaban J connectivity index is 2.16. The molecular weight excluding hydrogens is 174 g/mol. The number of hydrogen-bond donors (Lipinski definition) is 2. The van der Waals surface area contributed by atoms with Crippen molar-refractivity contribution in [1.29, 1.82) is 0 Å². The van der Waals surface area contributed by atoms with Crippen LogP contribution in [0.3, 0.4) is 0 Å². The molecule has 0 aliphatic carbocycles. The second kappa shape index (κ2) is 4.11. The highest BCUT2D eigenvalue weighted by Crippen LogP contribution is 2.23. The van der Waals surface area contributed by atoms with Crippen LogP contribution in [0.4, 0.5) is 0 Å². The molecule has 14 heavy (non-hydrogen) atoms. The molecule has 0 aromatic heterocycles. The van der Waals surface area contributed by atoms with Crippen LogP contribution in [-0.2, 0) is 0 Å². The lowest BCUT2D eigenvalue weighted by Gasteiger charge is -2.29. The summed E-state index contributed by atoms with van der Waals surface area (Å²) in [6.45, 7) is 3.09. The Labute approximate surface area is 85.0 Å². The Bertz CT molecular complexity index is 294. The molecule has 0 spiro atoms. The highest BCUT2D eigenvalue weighted by atomic mass is 16.3. The number of hydrogen-bond acceptors (Lipinski definition) is 2. The number of benzene rings is 1. The normalized spacial score (nSPS) is 27.6. The first-order valence-corrected chi connectivity index (χ1v) is 5.25. The second-order valence-electron chi connectivity index (χ2n) is 4.05. The molecule has 1 fully saturated rings. The van der Waals surface area contributed by atoms with Crippen LogP contribution in [0.1, 0.15) is 30.0 Å². The largest absolute Gasteiger partial charge is 0.391 e. The molecule has 2 N–H and O–H groups in total. The Morgan fingerprint density at radius 1 is 1.29 bits per heavy atom. The number of aliphatic hydroxyl groups excluding tert-OH is 1. The molecule has 0 radical (unpaired) electrons. The van der Waals surface area contributed by atoms with E-state index < -0.39 is 0 Å². The lowest BCUT2D eigenvalue weighted by molar-refractivity contribution is 0.0965. The molecule has 1 aliphatic heterocycles. The van der Waals surface area contributed by atoms with Gasteiger partial charge in [-0.05, 0) is 31.9 Å². The van der Waals surface area contributed by atoms with E-state index >= 15 is 0 Å². The lowest BCUT2D eigenvalue weighted by Crippen LogP contribution is -2.37. The number of aryl methyl sites for hydroxylation is 1. The first kappa shape index (κ1) is 9.69. The van der Waals surface area contributed by atoms with E-state index in [9.17, 15) is 5.11 Å². The fraction of sp³-hybridized carbons (Fsp3) is 0.500. The molecule has 1 heterocycles. The van der Waals surface area contributed by atoms with E-state index in [1.165, 1.54) is 11.1 Å². The van der Waals surface area contributed by atoms with Gasteiger partial charge in [0, 0.05) is 0 Å². The van der Waals surface area contributed by atoms with Crippen molar-refractivity contribution >= 4 is 0 Å². The summed E-state index contributed by atoms with van der Waals surface area (Å²) in [5.74, 6) is 0. The molecule has 1 aromatic carbocycles. The quantitative estimate of drug-likeness (QED) is 0.709. The van der Waals surface area contributed by atoms with Gasteiger partial charge in [-0.1, -0.05) is 29.8 Å². The van der Waals surface area contributed by atoms with Crippen LogP contribution in [0.15, 0.2) is 24.3 Å². The summed E-state index contributed by atoms with van der Waals surface area (Å²) in [4.78, 5) is 0. The first-order valence-electron chi connectivity index (χ1n) is 5.25. The SMILES string of the molecule is Cc1ccc([C@H]2NCCC[C@H]2O)cc1. The summed E-state index contributed by atoms with van der Waals surface area (Å²) in [5, 5.41) is 13.2. The molecule has 1 saturated heterocycles. The highest BCUT2D eigenvalue weighted by Gasteiger charge is 2.23. The first-order chi connectivity index (χ1) is 6.77. The molecule has 2 atom stereocenters. The zero-order valence-electron chi connectivity index (χ0n) is 8.53. The average Bonchev–Trinajstić information content (AvgIpc) is 2.20. The molecule has 1 aromatic rings. The van der Waals surface area contributed by atoms with E-state index in [0.717, 1.165) is 19.4 Å². The van der Waals surface area contributed by atoms with Crippen LogP contribution < -0.4 is 5.32 Å². The molecule has 0 saturated carbocycles. The maximum absolute atomic E-state index is 9.83. The molecule has 1 aliphatic rings. The zero-order valence-corrected chi connectivity index (χ0v) is 8.53. The maximum Gasteiger partial charge on any atom is 0.0735 e. The van der Waals surface area contributed by atoms with Gasteiger partial charge in [-0.2, -0.15) is 0 Å². The van der Waals surface area contributed by atoms with E-state index in [1.54, 1.807) is 0 Å². The smallest absolute Gasteiger partial charge is 0.0735 e. The van der Waals surface area contributed by atoms with Crippen molar-refractivity contribution in [2.75, 3.05) is 6.54 Å². The Morgan fingerprint density at radius 3 is 2.64 bits per heavy atom. The van der Waals surface area contributed by atoms with Crippen molar-refractivity contribution in [3.63, 3.8) is 0 Å². The van der Waals surface area contributed by atoms with Gasteiger partial charge in [-0.25, -0.2) is 0 Å². The third-order valence-electron chi connectivity index (χ3n) is 2.86. The van der Waals surface area contributed by atoms with Crippen molar-refractivity contribution in [1.82, 2.24) is 5.32 Å². The fourth-order valence-electron chi connectivity index (χ4n) is 1.99. The predicted octanol–water partition coefficient (Wildman–Crippen LogP) is 1.78. The summed E-state index contributed by atoms with van der Waals surface area (Å²) in [6.07, 6.45) is 1.75. The Hall–Kier alpha value is -0.860. The highest BCUT2D eigenvalue weighted by molar-refractivity contribution is 5.25. The van der Waals surface area contributed by atoms with Crippen molar-refractivity contribution in [3.8, 4) is 0 Å². The van der Waals surface area contributed by atoms with Gasteiger partial charge in [0.2, 0.25) is 0 Å². The van der Waals surface area contributed by atoms with Gasteiger partial charge in [0.15, 0.2) is 0 Å². The van der Waals surface area contributed by atoms with Gasteiger partial charge >= 0.3 is 0 Å². The van der Waals surface area contributed by atoms with Crippen molar-refractivity contribution in [3.05, 3.63) is 35.4 Å². The van der Waals surface area contributed by atoms with Crippen LogP contribution in [0.25, 0.3) is 0 Å². The van der Waals surface area contributed by atoms with Crippen LogP contribution in [0.5, 0.6) is 0 Å². The minimum absolute atomic E-state index is 0.129. The van der Waals surface area contributed by atoms with E-state index in [-0.39, 0.29) is 12.1 Å². The molecule has 2 heteroatoms. The molecule has 0 unspecified atom stereocenters. The standard InChI is InChI=1S/C12H17NO/c1-9-4-6-10(7-5-9)12-11(14)3-2-8-13-12/h4-7,11-14H,2-3,8H2,1H3/t11-,12-/m1/s1. The van der Waals surface area contributed by atoms with Crippen LogP contribution in [-0.4, -0.2) is 17.8 Å². The van der Waals surface area contributed by atoms with Crippen LogP contribution in [0, 0.1) is 6.92 Å². The molecule has 2 rings (SSSR count). The molecule has 76 valence electrons. The Kier molecular flexibility index (Phi) is 2.85. The zero-order chi connectivity index (χ0) is 9.97. The monoisotopic (exact) mass is 191 g/mol. The summed E-state index contributed by atoms with van der Waals surface area (Å²) in [7, 11) is 0.